The van der Waals surface area contributed by atoms with E-state index in [-0.39, 0.29) is 12.4 Å². The second kappa shape index (κ2) is 9.30. The lowest BCUT2D eigenvalue weighted by Gasteiger charge is -2.32. The Morgan fingerprint density at radius 1 is 1.09 bits per heavy atom. The van der Waals surface area contributed by atoms with E-state index in [1.54, 1.807) is 6.92 Å². The van der Waals surface area contributed by atoms with E-state index < -0.39 is 18.3 Å². The van der Waals surface area contributed by atoms with E-state index >= 15 is 0 Å². The predicted molar refractivity (Wildman–Crippen MR) is 134 cm³/mol. The zero-order valence-electron chi connectivity index (χ0n) is 19.6. The van der Waals surface area contributed by atoms with E-state index in [0.29, 0.717) is 23.3 Å². The molecule has 0 unspecified atom stereocenters. The molecule has 8 heteroatoms. The van der Waals surface area contributed by atoms with Gasteiger partial charge in [0.2, 0.25) is 0 Å². The van der Waals surface area contributed by atoms with E-state index in [2.05, 4.69) is 12.1 Å². The van der Waals surface area contributed by atoms with Gasteiger partial charge in [-0.2, -0.15) is 0 Å². The van der Waals surface area contributed by atoms with E-state index in [4.69, 9.17) is 30.4 Å². The summed E-state index contributed by atoms with van der Waals surface area (Å²) in [6.45, 7) is 10.6. The van der Waals surface area contributed by atoms with Crippen molar-refractivity contribution in [3.8, 4) is 5.75 Å². The lowest BCUT2D eigenvalue weighted by atomic mass is 9.76. The van der Waals surface area contributed by atoms with Crippen molar-refractivity contribution in [2.24, 2.45) is 0 Å². The molecule has 1 aliphatic rings. The number of hydrogen-bond acceptors (Lipinski definition) is 6. The van der Waals surface area contributed by atoms with Crippen molar-refractivity contribution in [2.75, 3.05) is 6.61 Å². The molecule has 5 nitrogen and oxygen atoms in total. The van der Waals surface area contributed by atoms with Crippen LogP contribution in [-0.2, 0) is 31.9 Å². The fourth-order valence-electron chi connectivity index (χ4n) is 3.76. The van der Waals surface area contributed by atoms with Crippen LogP contribution in [0.1, 0.15) is 45.7 Å². The summed E-state index contributed by atoms with van der Waals surface area (Å²) in [5.74, 6) is 0.387. The first kappa shape index (κ1) is 24.1. The number of hydrogen-bond donors (Lipinski definition) is 0. The lowest BCUT2D eigenvalue weighted by Crippen LogP contribution is -2.41. The standard InChI is InChI=1S/C25H28BClO5S/c1-6-29-23(28)13-17-9-7-8-10-20(17)30-15-16-11-19(18-14-22(27)33-21(18)12-16)26-31-24(2,3)25(4,5)32-26/h7-12,14H,6,13,15H2,1-5H3. The van der Waals surface area contributed by atoms with Gasteiger partial charge in [-0.3, -0.25) is 4.79 Å². The molecule has 2 heterocycles. The average Bonchev–Trinajstić information content (AvgIpc) is 3.21. The molecule has 0 bridgehead atoms. The third-order valence-corrected chi connectivity index (χ3v) is 7.42. The maximum absolute atomic E-state index is 12.0. The van der Waals surface area contributed by atoms with Gasteiger partial charge in [-0.05, 0) is 69.2 Å². The average molecular weight is 487 g/mol. The summed E-state index contributed by atoms with van der Waals surface area (Å²) in [6.07, 6.45) is 0.169. The quantitative estimate of drug-likeness (QED) is 0.324. The summed E-state index contributed by atoms with van der Waals surface area (Å²) in [4.78, 5) is 12.0. The molecule has 1 saturated heterocycles. The molecule has 0 aliphatic carbocycles. The molecule has 0 radical (unpaired) electrons. The van der Waals surface area contributed by atoms with Gasteiger partial charge in [0.05, 0.1) is 28.6 Å². The lowest BCUT2D eigenvalue weighted by molar-refractivity contribution is -0.142. The molecule has 0 amide bonds. The molecule has 0 spiro atoms. The number of fused-ring (bicyclic) bond motifs is 1. The van der Waals surface area contributed by atoms with Crippen LogP contribution in [0, 0.1) is 0 Å². The first-order valence-corrected chi connectivity index (χ1v) is 12.2. The summed E-state index contributed by atoms with van der Waals surface area (Å²) < 4.78 is 25.6. The zero-order valence-corrected chi connectivity index (χ0v) is 21.1. The molecule has 0 atom stereocenters. The summed E-state index contributed by atoms with van der Waals surface area (Å²) in [6, 6.07) is 13.6. The molecular weight excluding hydrogens is 459 g/mol. The molecule has 1 fully saturated rings. The Balaban J connectivity index is 1.61. The fraction of sp³-hybridized carbons (Fsp3) is 0.400. The van der Waals surface area contributed by atoms with Crippen LogP contribution < -0.4 is 10.2 Å². The summed E-state index contributed by atoms with van der Waals surface area (Å²) in [5.41, 5.74) is 1.82. The second-order valence-corrected chi connectivity index (χ2v) is 10.8. The first-order valence-electron chi connectivity index (χ1n) is 11.0. The number of halogens is 1. The molecule has 4 rings (SSSR count). The number of ether oxygens (including phenoxy) is 2. The first-order chi connectivity index (χ1) is 15.6. The number of para-hydroxylation sites is 1. The maximum atomic E-state index is 12.0. The third kappa shape index (κ3) is 5.07. The SMILES string of the molecule is CCOC(=O)Cc1ccccc1OCc1cc(B2OC(C)(C)C(C)(C)O2)c2cc(Cl)sc2c1. The molecule has 1 aromatic heterocycles. The fourth-order valence-corrected chi connectivity index (χ4v) is 5.00. The van der Waals surface area contributed by atoms with Crippen molar-refractivity contribution >= 4 is 51.6 Å². The molecule has 33 heavy (non-hydrogen) atoms. The molecule has 174 valence electrons. The van der Waals surface area contributed by atoms with Gasteiger partial charge in [-0.25, -0.2) is 0 Å². The van der Waals surface area contributed by atoms with Crippen molar-refractivity contribution in [1.29, 1.82) is 0 Å². The highest BCUT2D eigenvalue weighted by molar-refractivity contribution is 7.22. The van der Waals surface area contributed by atoms with Crippen molar-refractivity contribution in [3.63, 3.8) is 0 Å². The maximum Gasteiger partial charge on any atom is 0.495 e. The number of rotatable bonds is 7. The van der Waals surface area contributed by atoms with Gasteiger partial charge in [0.15, 0.2) is 0 Å². The van der Waals surface area contributed by atoms with Crippen LogP contribution in [0.5, 0.6) is 5.75 Å². The smallest absolute Gasteiger partial charge is 0.489 e. The van der Waals surface area contributed by atoms with Gasteiger partial charge in [-0.15, -0.1) is 11.3 Å². The van der Waals surface area contributed by atoms with Crippen LogP contribution in [-0.4, -0.2) is 30.9 Å². The Kier molecular flexibility index (Phi) is 6.79. The number of esters is 1. The number of carbonyl (C=O) groups excluding carboxylic acids is 1. The topological polar surface area (TPSA) is 54.0 Å². The minimum Gasteiger partial charge on any atom is -0.489 e. The van der Waals surface area contributed by atoms with Gasteiger partial charge < -0.3 is 18.8 Å². The Bertz CT molecular complexity index is 1160. The summed E-state index contributed by atoms with van der Waals surface area (Å²) >= 11 is 7.87. The molecule has 3 aromatic rings. The number of benzene rings is 2. The van der Waals surface area contributed by atoms with Gasteiger partial charge in [-0.1, -0.05) is 35.9 Å². The van der Waals surface area contributed by atoms with E-state index in [1.165, 1.54) is 11.3 Å². The van der Waals surface area contributed by atoms with Crippen molar-refractivity contribution in [2.45, 2.75) is 58.8 Å². The summed E-state index contributed by atoms with van der Waals surface area (Å²) in [7, 11) is -0.501. The molecule has 1 aliphatic heterocycles. The van der Waals surface area contributed by atoms with Crippen molar-refractivity contribution in [1.82, 2.24) is 0 Å². The van der Waals surface area contributed by atoms with E-state index in [1.807, 2.05) is 58.0 Å². The minimum absolute atomic E-state index is 0.169. The Labute approximate surface area is 204 Å². The molecule has 0 N–H and O–H groups in total. The molecule has 0 saturated carbocycles. The number of thiophene rings is 1. The monoisotopic (exact) mass is 486 g/mol. The number of carbonyl (C=O) groups is 1. The van der Waals surface area contributed by atoms with Gasteiger partial charge in [0.1, 0.15) is 12.4 Å². The van der Waals surface area contributed by atoms with Gasteiger partial charge in [0.25, 0.3) is 0 Å². The molecular formula is C25H28BClO5S. The third-order valence-electron chi connectivity index (χ3n) is 6.21. The largest absolute Gasteiger partial charge is 0.495 e. The van der Waals surface area contributed by atoms with Crippen molar-refractivity contribution in [3.05, 3.63) is 57.9 Å². The summed E-state index contributed by atoms with van der Waals surface area (Å²) in [5, 5.41) is 1.02. The van der Waals surface area contributed by atoms with Crippen LogP contribution in [0.25, 0.3) is 10.1 Å². The van der Waals surface area contributed by atoms with Gasteiger partial charge >= 0.3 is 13.1 Å². The van der Waals surface area contributed by atoms with Crippen molar-refractivity contribution < 1.29 is 23.6 Å². The zero-order chi connectivity index (χ0) is 23.8. The molecule has 2 aromatic carbocycles. The Morgan fingerprint density at radius 2 is 1.79 bits per heavy atom. The van der Waals surface area contributed by atoms with Crippen LogP contribution in [0.4, 0.5) is 0 Å². The highest BCUT2D eigenvalue weighted by atomic mass is 35.5. The van der Waals surface area contributed by atoms with E-state index in [0.717, 1.165) is 26.7 Å². The minimum atomic E-state index is -0.501. The van der Waals surface area contributed by atoms with Crippen LogP contribution >= 0.6 is 22.9 Å². The second-order valence-electron chi connectivity index (χ2n) is 9.11. The Morgan fingerprint density at radius 3 is 2.48 bits per heavy atom. The highest BCUT2D eigenvalue weighted by Crippen LogP contribution is 2.38. The Hall–Kier alpha value is -2.06. The van der Waals surface area contributed by atoms with Crippen LogP contribution in [0.15, 0.2) is 42.5 Å². The van der Waals surface area contributed by atoms with Gasteiger partial charge in [0, 0.05) is 10.3 Å². The van der Waals surface area contributed by atoms with Crippen LogP contribution in [0.3, 0.4) is 0 Å². The normalized spacial score (nSPS) is 16.8. The van der Waals surface area contributed by atoms with E-state index in [9.17, 15) is 4.79 Å². The highest BCUT2D eigenvalue weighted by Gasteiger charge is 2.52. The predicted octanol–water partition coefficient (Wildman–Crippen LogP) is 5.54. The van der Waals surface area contributed by atoms with Crippen LogP contribution in [0.2, 0.25) is 4.34 Å².